The van der Waals surface area contributed by atoms with E-state index < -0.39 is 0 Å². The van der Waals surface area contributed by atoms with Gasteiger partial charge >= 0.3 is 0 Å². The van der Waals surface area contributed by atoms with E-state index in [0.717, 1.165) is 11.8 Å². The molecule has 2 heteroatoms. The van der Waals surface area contributed by atoms with E-state index in [-0.39, 0.29) is 0 Å². The number of rotatable bonds is 6. The van der Waals surface area contributed by atoms with Crippen molar-refractivity contribution >= 4 is 0 Å². The van der Waals surface area contributed by atoms with E-state index in [9.17, 15) is 0 Å². The Hall–Kier alpha value is -0.0800. The van der Waals surface area contributed by atoms with E-state index in [1.165, 1.54) is 38.9 Å². The van der Waals surface area contributed by atoms with E-state index in [4.69, 9.17) is 5.73 Å². The smallest absolute Gasteiger partial charge is 0.00797 e. The summed E-state index contributed by atoms with van der Waals surface area (Å²) in [5.74, 6) is 2.17. The first-order valence-electron chi connectivity index (χ1n) is 8.17. The molecule has 0 aromatic rings. The van der Waals surface area contributed by atoms with Crippen molar-refractivity contribution in [3.8, 4) is 0 Å². The number of nitrogens with two attached hydrogens (primary N) is 1. The largest absolute Gasteiger partial charge is 0.327 e. The van der Waals surface area contributed by atoms with Crippen molar-refractivity contribution in [3.63, 3.8) is 0 Å². The van der Waals surface area contributed by atoms with Crippen LogP contribution in [0.2, 0.25) is 0 Å². The standard InChI is InChI=1S/C17H36N2/c1-13(2)10-19(11-14(3)4)12-15-9-17(5,6)8-7-16(15)18/h13-16H,7-12,18H2,1-6H3. The van der Waals surface area contributed by atoms with Gasteiger partial charge in [0.15, 0.2) is 0 Å². The van der Waals surface area contributed by atoms with Crippen molar-refractivity contribution in [2.75, 3.05) is 19.6 Å². The maximum atomic E-state index is 6.38. The average Bonchev–Trinajstić information content (AvgIpc) is 2.21. The highest BCUT2D eigenvalue weighted by Gasteiger charge is 2.33. The summed E-state index contributed by atoms with van der Waals surface area (Å²) in [6.45, 7) is 17.7. The fraction of sp³-hybridized carbons (Fsp3) is 1.00. The van der Waals surface area contributed by atoms with E-state index >= 15 is 0 Å². The highest BCUT2D eigenvalue weighted by Crippen LogP contribution is 2.38. The zero-order chi connectivity index (χ0) is 14.6. The summed E-state index contributed by atoms with van der Waals surface area (Å²) in [5.41, 5.74) is 6.87. The first-order valence-corrected chi connectivity index (χ1v) is 8.17. The maximum absolute atomic E-state index is 6.38. The summed E-state index contributed by atoms with van der Waals surface area (Å²) in [6.07, 6.45) is 3.79. The number of nitrogens with zero attached hydrogens (tertiary/aromatic N) is 1. The number of hydrogen-bond donors (Lipinski definition) is 1. The zero-order valence-corrected chi connectivity index (χ0v) is 14.1. The van der Waals surface area contributed by atoms with Crippen LogP contribution in [-0.2, 0) is 0 Å². The van der Waals surface area contributed by atoms with Gasteiger partial charge in [-0.2, -0.15) is 0 Å². The lowest BCUT2D eigenvalue weighted by Crippen LogP contribution is -2.46. The molecular formula is C17H36N2. The van der Waals surface area contributed by atoms with E-state index in [0.29, 0.717) is 17.4 Å². The van der Waals surface area contributed by atoms with Gasteiger partial charge in [-0.05, 0) is 42.4 Å². The quantitative estimate of drug-likeness (QED) is 0.795. The molecule has 1 saturated carbocycles. The Morgan fingerprint density at radius 2 is 1.63 bits per heavy atom. The van der Waals surface area contributed by atoms with E-state index in [1.54, 1.807) is 0 Å². The Balaban J connectivity index is 2.60. The third-order valence-corrected chi connectivity index (χ3v) is 4.31. The van der Waals surface area contributed by atoms with Crippen molar-refractivity contribution in [1.29, 1.82) is 0 Å². The Morgan fingerprint density at radius 3 is 2.11 bits per heavy atom. The minimum absolute atomic E-state index is 0.412. The van der Waals surface area contributed by atoms with Crippen LogP contribution in [-0.4, -0.2) is 30.6 Å². The molecule has 2 N–H and O–H groups in total. The molecule has 0 aliphatic heterocycles. The Bertz CT molecular complexity index is 248. The molecule has 1 rings (SSSR count). The molecule has 114 valence electrons. The molecule has 19 heavy (non-hydrogen) atoms. The van der Waals surface area contributed by atoms with Crippen LogP contribution in [0.4, 0.5) is 0 Å². The molecule has 0 radical (unpaired) electrons. The summed E-state index contributed by atoms with van der Waals surface area (Å²) in [7, 11) is 0. The van der Waals surface area contributed by atoms with E-state index in [2.05, 4.69) is 46.4 Å². The van der Waals surface area contributed by atoms with Gasteiger partial charge in [-0.3, -0.25) is 0 Å². The van der Waals surface area contributed by atoms with Gasteiger partial charge in [0.25, 0.3) is 0 Å². The summed E-state index contributed by atoms with van der Waals surface area (Å²) in [5, 5.41) is 0. The third-order valence-electron chi connectivity index (χ3n) is 4.31. The Morgan fingerprint density at radius 1 is 1.11 bits per heavy atom. The van der Waals surface area contributed by atoms with Crippen molar-refractivity contribution in [1.82, 2.24) is 4.90 Å². The molecule has 0 aromatic heterocycles. The van der Waals surface area contributed by atoms with Crippen molar-refractivity contribution < 1.29 is 0 Å². The molecule has 2 atom stereocenters. The predicted molar refractivity (Wildman–Crippen MR) is 85.2 cm³/mol. The van der Waals surface area contributed by atoms with Gasteiger partial charge in [0.05, 0.1) is 0 Å². The lowest BCUT2D eigenvalue weighted by Gasteiger charge is -2.42. The molecule has 0 bridgehead atoms. The molecule has 0 aromatic carbocycles. The predicted octanol–water partition coefficient (Wildman–Crippen LogP) is 3.75. The van der Waals surface area contributed by atoms with Crippen LogP contribution in [0.15, 0.2) is 0 Å². The van der Waals surface area contributed by atoms with Crippen LogP contribution in [0, 0.1) is 23.2 Å². The van der Waals surface area contributed by atoms with Crippen LogP contribution in [0.1, 0.15) is 60.8 Å². The molecule has 1 aliphatic rings. The van der Waals surface area contributed by atoms with Crippen LogP contribution < -0.4 is 5.73 Å². The minimum atomic E-state index is 0.412. The van der Waals surface area contributed by atoms with E-state index in [1.807, 2.05) is 0 Å². The molecule has 2 unspecified atom stereocenters. The van der Waals surface area contributed by atoms with Crippen LogP contribution in [0.25, 0.3) is 0 Å². The maximum Gasteiger partial charge on any atom is 0.00797 e. The minimum Gasteiger partial charge on any atom is -0.327 e. The molecule has 0 saturated heterocycles. The zero-order valence-electron chi connectivity index (χ0n) is 14.1. The lowest BCUT2D eigenvalue weighted by atomic mass is 9.70. The summed E-state index contributed by atoms with van der Waals surface area (Å²) in [6, 6.07) is 0.412. The second-order valence-electron chi connectivity index (χ2n) is 8.34. The molecule has 0 spiro atoms. The lowest BCUT2D eigenvalue weighted by molar-refractivity contribution is 0.103. The monoisotopic (exact) mass is 268 g/mol. The highest BCUT2D eigenvalue weighted by atomic mass is 15.1. The van der Waals surface area contributed by atoms with Gasteiger partial charge in [0, 0.05) is 25.7 Å². The van der Waals surface area contributed by atoms with Crippen molar-refractivity contribution in [2.24, 2.45) is 28.9 Å². The molecule has 2 nitrogen and oxygen atoms in total. The Labute approximate surface area is 121 Å². The van der Waals surface area contributed by atoms with Gasteiger partial charge in [-0.25, -0.2) is 0 Å². The normalized spacial score (nSPS) is 27.5. The van der Waals surface area contributed by atoms with Crippen molar-refractivity contribution in [3.05, 3.63) is 0 Å². The number of hydrogen-bond acceptors (Lipinski definition) is 2. The van der Waals surface area contributed by atoms with Gasteiger partial charge in [-0.15, -0.1) is 0 Å². The Kier molecular flexibility index (Phi) is 6.32. The third kappa shape index (κ3) is 6.27. The SMILES string of the molecule is CC(C)CN(CC(C)C)CC1CC(C)(C)CCC1N. The fourth-order valence-electron chi connectivity index (χ4n) is 3.54. The van der Waals surface area contributed by atoms with Gasteiger partial charge in [-0.1, -0.05) is 41.5 Å². The van der Waals surface area contributed by atoms with Crippen LogP contribution >= 0.6 is 0 Å². The highest BCUT2D eigenvalue weighted by molar-refractivity contribution is 4.88. The molecular weight excluding hydrogens is 232 g/mol. The van der Waals surface area contributed by atoms with Crippen molar-refractivity contribution in [2.45, 2.75) is 66.8 Å². The van der Waals surface area contributed by atoms with Gasteiger partial charge in [0.1, 0.15) is 0 Å². The topological polar surface area (TPSA) is 29.3 Å². The molecule has 0 amide bonds. The van der Waals surface area contributed by atoms with Crippen LogP contribution in [0.3, 0.4) is 0 Å². The average molecular weight is 268 g/mol. The fourth-order valence-corrected chi connectivity index (χ4v) is 3.54. The first-order chi connectivity index (χ1) is 8.69. The molecule has 1 fully saturated rings. The second kappa shape index (κ2) is 7.08. The summed E-state index contributed by atoms with van der Waals surface area (Å²) < 4.78 is 0. The van der Waals surface area contributed by atoms with Gasteiger partial charge in [0.2, 0.25) is 0 Å². The first kappa shape index (κ1) is 17.0. The summed E-state index contributed by atoms with van der Waals surface area (Å²) in [4.78, 5) is 2.65. The second-order valence-corrected chi connectivity index (χ2v) is 8.34. The van der Waals surface area contributed by atoms with Gasteiger partial charge < -0.3 is 10.6 Å². The molecule has 0 heterocycles. The summed E-state index contributed by atoms with van der Waals surface area (Å²) >= 11 is 0. The van der Waals surface area contributed by atoms with Crippen LogP contribution in [0.5, 0.6) is 0 Å². The molecule has 1 aliphatic carbocycles.